The zero-order valence-corrected chi connectivity index (χ0v) is 15.8. The summed E-state index contributed by atoms with van der Waals surface area (Å²) < 4.78 is 7.44. The molecule has 0 amide bonds. The highest BCUT2D eigenvalue weighted by Gasteiger charge is 2.15. The van der Waals surface area contributed by atoms with Crippen molar-refractivity contribution < 1.29 is 4.74 Å². The zero-order chi connectivity index (χ0) is 15.4. The Bertz CT molecular complexity index is 644. The number of anilines is 1. The van der Waals surface area contributed by atoms with Crippen molar-refractivity contribution in [3.8, 4) is 5.75 Å². The third-order valence-corrected chi connectivity index (χ3v) is 4.50. The minimum atomic E-state index is 0.833. The summed E-state index contributed by atoms with van der Waals surface area (Å²) in [5.41, 5.74) is 2.16. The standard InChI is InChI=1S/C16H20Br2N2O/c1-4-6-10-8-11-14(20-16(10)19-7-5-2)12(17)9-13(18)15(11)21-3/h8-9H,4-7H2,1-3H3,(H,19,20). The van der Waals surface area contributed by atoms with Gasteiger partial charge in [-0.3, -0.25) is 0 Å². The van der Waals surface area contributed by atoms with E-state index in [-0.39, 0.29) is 0 Å². The maximum atomic E-state index is 5.54. The molecule has 0 unspecified atom stereocenters. The summed E-state index contributed by atoms with van der Waals surface area (Å²) in [6.45, 7) is 5.27. The van der Waals surface area contributed by atoms with Crippen molar-refractivity contribution in [2.75, 3.05) is 19.0 Å². The summed E-state index contributed by atoms with van der Waals surface area (Å²) in [5.74, 6) is 1.82. The lowest BCUT2D eigenvalue weighted by molar-refractivity contribution is 0.417. The second-order valence-corrected chi connectivity index (χ2v) is 6.65. The van der Waals surface area contributed by atoms with Crippen LogP contribution in [0.2, 0.25) is 0 Å². The van der Waals surface area contributed by atoms with Crippen LogP contribution in [0, 0.1) is 0 Å². The van der Waals surface area contributed by atoms with Crippen molar-refractivity contribution in [3.63, 3.8) is 0 Å². The van der Waals surface area contributed by atoms with Gasteiger partial charge < -0.3 is 10.1 Å². The first kappa shape index (κ1) is 16.6. The van der Waals surface area contributed by atoms with Crippen molar-refractivity contribution in [2.24, 2.45) is 0 Å². The van der Waals surface area contributed by atoms with E-state index >= 15 is 0 Å². The number of nitrogens with one attached hydrogen (secondary N) is 1. The summed E-state index contributed by atoms with van der Waals surface area (Å²) in [4.78, 5) is 4.82. The predicted octanol–water partition coefficient (Wildman–Crippen LogP) is 5.54. The van der Waals surface area contributed by atoms with Gasteiger partial charge in [0.1, 0.15) is 11.6 Å². The summed E-state index contributed by atoms with van der Waals surface area (Å²) in [5, 5.41) is 4.47. The van der Waals surface area contributed by atoms with Crippen molar-refractivity contribution in [2.45, 2.75) is 33.1 Å². The number of methoxy groups -OCH3 is 1. The van der Waals surface area contributed by atoms with Crippen LogP contribution in [-0.2, 0) is 6.42 Å². The number of hydrogen-bond acceptors (Lipinski definition) is 3. The fraction of sp³-hybridized carbons (Fsp3) is 0.438. The molecule has 0 aliphatic carbocycles. The minimum absolute atomic E-state index is 0.833. The Morgan fingerprint density at radius 1 is 1.14 bits per heavy atom. The van der Waals surface area contributed by atoms with Gasteiger partial charge in [-0.15, -0.1) is 0 Å². The van der Waals surface area contributed by atoms with Gasteiger partial charge in [0.15, 0.2) is 0 Å². The van der Waals surface area contributed by atoms with Crippen LogP contribution < -0.4 is 10.1 Å². The van der Waals surface area contributed by atoms with Gasteiger partial charge in [0.05, 0.1) is 17.1 Å². The quantitative estimate of drug-likeness (QED) is 0.672. The van der Waals surface area contributed by atoms with Gasteiger partial charge in [-0.05, 0) is 62.4 Å². The molecule has 2 aromatic rings. The molecule has 5 heteroatoms. The summed E-state index contributed by atoms with van der Waals surface area (Å²) in [6, 6.07) is 4.18. The number of rotatable bonds is 6. The number of hydrogen-bond donors (Lipinski definition) is 1. The summed E-state index contributed by atoms with van der Waals surface area (Å²) in [6.07, 6.45) is 3.17. The number of pyridine rings is 1. The Morgan fingerprint density at radius 3 is 2.52 bits per heavy atom. The van der Waals surface area contributed by atoms with Gasteiger partial charge in [-0.1, -0.05) is 20.3 Å². The zero-order valence-electron chi connectivity index (χ0n) is 12.6. The Hall–Kier alpha value is -0.810. The maximum absolute atomic E-state index is 5.54. The fourth-order valence-electron chi connectivity index (χ4n) is 2.35. The van der Waals surface area contributed by atoms with Gasteiger partial charge in [0.2, 0.25) is 0 Å². The van der Waals surface area contributed by atoms with Crippen LogP contribution in [-0.4, -0.2) is 18.6 Å². The SMILES string of the molecule is CCCNc1nc2c(Br)cc(Br)c(OC)c2cc1CCC. The van der Waals surface area contributed by atoms with Crippen molar-refractivity contribution in [3.05, 3.63) is 26.6 Å². The molecule has 0 aliphatic rings. The molecule has 0 radical (unpaired) electrons. The van der Waals surface area contributed by atoms with E-state index in [4.69, 9.17) is 9.72 Å². The molecular formula is C16H20Br2N2O. The molecule has 114 valence electrons. The van der Waals surface area contributed by atoms with E-state index in [2.05, 4.69) is 57.1 Å². The molecule has 1 heterocycles. The average molecular weight is 416 g/mol. The Balaban J connectivity index is 2.67. The van der Waals surface area contributed by atoms with Gasteiger partial charge in [0, 0.05) is 16.4 Å². The second-order valence-electron chi connectivity index (χ2n) is 4.94. The first-order valence-electron chi connectivity index (χ1n) is 7.21. The molecule has 21 heavy (non-hydrogen) atoms. The molecule has 1 N–H and O–H groups in total. The van der Waals surface area contributed by atoms with Gasteiger partial charge in [-0.25, -0.2) is 4.98 Å². The average Bonchev–Trinajstić information content (AvgIpc) is 2.46. The van der Waals surface area contributed by atoms with E-state index in [9.17, 15) is 0 Å². The first-order chi connectivity index (χ1) is 10.1. The molecule has 0 spiro atoms. The lowest BCUT2D eigenvalue weighted by Gasteiger charge is -2.15. The van der Waals surface area contributed by atoms with Crippen LogP contribution in [0.1, 0.15) is 32.3 Å². The topological polar surface area (TPSA) is 34.2 Å². The Kier molecular flexibility index (Phi) is 5.88. The highest BCUT2D eigenvalue weighted by Crippen LogP contribution is 2.39. The molecule has 0 saturated heterocycles. The van der Waals surface area contributed by atoms with Crippen LogP contribution >= 0.6 is 31.9 Å². The Morgan fingerprint density at radius 2 is 1.90 bits per heavy atom. The number of fused-ring (bicyclic) bond motifs is 1. The third-order valence-electron chi connectivity index (χ3n) is 3.31. The fourth-order valence-corrected chi connectivity index (χ4v) is 3.79. The molecule has 0 aliphatic heterocycles. The number of halogens is 2. The minimum Gasteiger partial charge on any atom is -0.495 e. The van der Waals surface area contributed by atoms with Crippen LogP contribution in [0.5, 0.6) is 5.75 Å². The number of benzene rings is 1. The monoisotopic (exact) mass is 414 g/mol. The van der Waals surface area contributed by atoms with E-state index < -0.39 is 0 Å². The molecule has 0 atom stereocenters. The highest BCUT2D eigenvalue weighted by atomic mass is 79.9. The predicted molar refractivity (Wildman–Crippen MR) is 96.5 cm³/mol. The number of nitrogens with zero attached hydrogens (tertiary/aromatic N) is 1. The number of aromatic nitrogens is 1. The highest BCUT2D eigenvalue weighted by molar-refractivity contribution is 9.11. The normalized spacial score (nSPS) is 10.9. The second kappa shape index (κ2) is 7.45. The largest absolute Gasteiger partial charge is 0.495 e. The molecule has 2 rings (SSSR count). The van der Waals surface area contributed by atoms with Crippen LogP contribution in [0.25, 0.3) is 10.9 Å². The summed E-state index contributed by atoms with van der Waals surface area (Å²) >= 11 is 7.16. The van der Waals surface area contributed by atoms with E-state index in [0.717, 1.165) is 57.2 Å². The van der Waals surface area contributed by atoms with Gasteiger partial charge in [-0.2, -0.15) is 0 Å². The van der Waals surface area contributed by atoms with E-state index in [1.165, 1.54) is 5.56 Å². The van der Waals surface area contributed by atoms with Crippen molar-refractivity contribution in [1.82, 2.24) is 4.98 Å². The molecule has 1 aromatic carbocycles. The first-order valence-corrected chi connectivity index (χ1v) is 8.80. The van der Waals surface area contributed by atoms with Gasteiger partial charge in [0.25, 0.3) is 0 Å². The van der Waals surface area contributed by atoms with Crippen LogP contribution in [0.15, 0.2) is 21.1 Å². The smallest absolute Gasteiger partial charge is 0.142 e. The molecule has 0 saturated carbocycles. The number of ether oxygens (including phenoxy) is 1. The number of aryl methyl sites for hydroxylation is 1. The van der Waals surface area contributed by atoms with E-state index in [1.54, 1.807) is 7.11 Å². The molecule has 0 fully saturated rings. The van der Waals surface area contributed by atoms with Crippen molar-refractivity contribution in [1.29, 1.82) is 0 Å². The molecular weight excluding hydrogens is 396 g/mol. The van der Waals surface area contributed by atoms with Gasteiger partial charge >= 0.3 is 0 Å². The molecule has 3 nitrogen and oxygen atoms in total. The van der Waals surface area contributed by atoms with Crippen LogP contribution in [0.3, 0.4) is 0 Å². The lowest BCUT2D eigenvalue weighted by Crippen LogP contribution is -2.06. The summed E-state index contributed by atoms with van der Waals surface area (Å²) in [7, 11) is 1.69. The van der Waals surface area contributed by atoms with Crippen molar-refractivity contribution >= 4 is 48.6 Å². The third kappa shape index (κ3) is 3.51. The molecule has 1 aromatic heterocycles. The van der Waals surface area contributed by atoms with Crippen LogP contribution in [0.4, 0.5) is 5.82 Å². The lowest BCUT2D eigenvalue weighted by atomic mass is 10.1. The van der Waals surface area contributed by atoms with E-state index in [0.29, 0.717) is 0 Å². The molecule has 0 bridgehead atoms. The Labute approximate surface area is 142 Å². The van der Waals surface area contributed by atoms with E-state index in [1.807, 2.05) is 6.07 Å². The maximum Gasteiger partial charge on any atom is 0.142 e.